The van der Waals surface area contributed by atoms with E-state index in [1.807, 2.05) is 13.0 Å². The van der Waals surface area contributed by atoms with Crippen molar-refractivity contribution >= 4 is 24.2 Å². The lowest BCUT2D eigenvalue weighted by Crippen LogP contribution is -2.52. The van der Waals surface area contributed by atoms with E-state index < -0.39 is 0 Å². The van der Waals surface area contributed by atoms with E-state index in [2.05, 4.69) is 0 Å². The predicted molar refractivity (Wildman–Crippen MR) is 90.9 cm³/mol. The van der Waals surface area contributed by atoms with Gasteiger partial charge in [-0.2, -0.15) is 0 Å². The number of methoxy groups -OCH3 is 1. The molecule has 0 radical (unpaired) electrons. The molecule has 1 saturated heterocycles. The van der Waals surface area contributed by atoms with E-state index in [4.69, 9.17) is 10.5 Å². The fourth-order valence-electron chi connectivity index (χ4n) is 2.48. The number of rotatable bonds is 4. The van der Waals surface area contributed by atoms with Gasteiger partial charge in [-0.05, 0) is 18.2 Å². The second-order valence-electron chi connectivity index (χ2n) is 5.49. The van der Waals surface area contributed by atoms with Crippen LogP contribution >= 0.6 is 12.4 Å². The number of benzene rings is 1. The second-order valence-corrected chi connectivity index (χ2v) is 5.49. The van der Waals surface area contributed by atoms with Crippen molar-refractivity contribution in [3.05, 3.63) is 29.8 Å². The van der Waals surface area contributed by atoms with Crippen LogP contribution in [-0.2, 0) is 4.79 Å². The normalized spacial score (nSPS) is 15.6. The minimum absolute atomic E-state index is 0. The lowest BCUT2D eigenvalue weighted by atomic mass is 10.1. The van der Waals surface area contributed by atoms with Crippen LogP contribution in [0.1, 0.15) is 17.3 Å². The Morgan fingerprint density at radius 1 is 1.22 bits per heavy atom. The summed E-state index contributed by atoms with van der Waals surface area (Å²) < 4.78 is 5.14. The van der Waals surface area contributed by atoms with Crippen molar-refractivity contribution in [2.75, 3.05) is 39.8 Å². The summed E-state index contributed by atoms with van der Waals surface area (Å²) in [6.07, 6.45) is 0. The van der Waals surface area contributed by atoms with Gasteiger partial charge in [0.25, 0.3) is 5.91 Å². The summed E-state index contributed by atoms with van der Waals surface area (Å²) in [5.41, 5.74) is 6.14. The minimum Gasteiger partial charge on any atom is -0.497 e. The molecule has 0 spiro atoms. The van der Waals surface area contributed by atoms with Gasteiger partial charge in [0, 0.05) is 44.2 Å². The van der Waals surface area contributed by atoms with Gasteiger partial charge in [0.05, 0.1) is 7.11 Å². The first-order chi connectivity index (χ1) is 10.6. The maximum atomic E-state index is 12.5. The monoisotopic (exact) mass is 341 g/mol. The minimum atomic E-state index is -0.166. The smallest absolute Gasteiger partial charge is 0.254 e. The van der Waals surface area contributed by atoms with Crippen molar-refractivity contribution < 1.29 is 14.3 Å². The second kappa shape index (κ2) is 8.74. The molecule has 0 aromatic heterocycles. The molecule has 1 aliphatic heterocycles. The van der Waals surface area contributed by atoms with E-state index in [1.54, 1.807) is 35.1 Å². The lowest BCUT2D eigenvalue weighted by Gasteiger charge is -2.36. The number of carbonyl (C=O) groups is 2. The molecule has 1 aliphatic rings. The van der Waals surface area contributed by atoms with E-state index in [9.17, 15) is 9.59 Å². The molecule has 7 heteroatoms. The number of amides is 2. The van der Waals surface area contributed by atoms with Crippen LogP contribution in [0.25, 0.3) is 0 Å². The van der Waals surface area contributed by atoms with Gasteiger partial charge in [0.15, 0.2) is 0 Å². The van der Waals surface area contributed by atoms with Crippen LogP contribution in [0, 0.1) is 5.92 Å². The molecule has 1 unspecified atom stereocenters. The Hall–Kier alpha value is -1.79. The summed E-state index contributed by atoms with van der Waals surface area (Å²) in [7, 11) is 1.58. The highest BCUT2D eigenvalue weighted by Crippen LogP contribution is 2.16. The Labute approximate surface area is 143 Å². The molecule has 2 amide bonds. The molecule has 23 heavy (non-hydrogen) atoms. The third-order valence-electron chi connectivity index (χ3n) is 3.97. The number of halogens is 1. The number of nitrogens with two attached hydrogens (primary N) is 1. The van der Waals surface area contributed by atoms with Crippen LogP contribution in [-0.4, -0.2) is 61.4 Å². The summed E-state index contributed by atoms with van der Waals surface area (Å²) in [6, 6.07) is 7.12. The Bertz CT molecular complexity index is 545. The molecule has 1 aromatic carbocycles. The topological polar surface area (TPSA) is 75.9 Å². The average Bonchev–Trinajstić information content (AvgIpc) is 2.59. The van der Waals surface area contributed by atoms with Crippen LogP contribution in [0.15, 0.2) is 24.3 Å². The van der Waals surface area contributed by atoms with Crippen molar-refractivity contribution in [1.82, 2.24) is 9.80 Å². The van der Waals surface area contributed by atoms with Gasteiger partial charge in [0.2, 0.25) is 5.91 Å². The zero-order valence-corrected chi connectivity index (χ0v) is 14.3. The van der Waals surface area contributed by atoms with Crippen LogP contribution in [0.2, 0.25) is 0 Å². The van der Waals surface area contributed by atoms with E-state index in [0.29, 0.717) is 44.0 Å². The molecule has 0 aliphatic carbocycles. The van der Waals surface area contributed by atoms with Crippen molar-refractivity contribution in [3.63, 3.8) is 0 Å². The van der Waals surface area contributed by atoms with Gasteiger partial charge >= 0.3 is 0 Å². The first-order valence-corrected chi connectivity index (χ1v) is 7.49. The van der Waals surface area contributed by atoms with Crippen molar-refractivity contribution in [2.45, 2.75) is 6.92 Å². The van der Waals surface area contributed by atoms with Gasteiger partial charge in [0.1, 0.15) is 5.75 Å². The molecule has 6 nitrogen and oxygen atoms in total. The van der Waals surface area contributed by atoms with Crippen molar-refractivity contribution in [2.24, 2.45) is 11.7 Å². The first kappa shape index (κ1) is 19.3. The molecule has 1 fully saturated rings. The Morgan fingerprint density at radius 2 is 1.83 bits per heavy atom. The molecule has 0 saturated carbocycles. The third-order valence-corrected chi connectivity index (χ3v) is 3.97. The fraction of sp³-hybridized carbons (Fsp3) is 0.500. The van der Waals surface area contributed by atoms with Gasteiger partial charge in [-0.3, -0.25) is 9.59 Å². The largest absolute Gasteiger partial charge is 0.497 e. The molecular weight excluding hydrogens is 318 g/mol. The fourth-order valence-corrected chi connectivity index (χ4v) is 2.48. The number of hydrogen-bond acceptors (Lipinski definition) is 4. The standard InChI is InChI=1S/C16H23N3O3.ClH/c1-12(11-17)15(20)18-6-8-19(9-7-18)16(21)13-4-3-5-14(10-13)22-2;/h3-5,10,12H,6-9,11,17H2,1-2H3;1H. The highest BCUT2D eigenvalue weighted by Gasteiger charge is 2.26. The molecular formula is C16H24ClN3O3. The molecule has 1 aromatic rings. The summed E-state index contributed by atoms with van der Waals surface area (Å²) in [4.78, 5) is 28.1. The summed E-state index contributed by atoms with van der Waals surface area (Å²) >= 11 is 0. The Balaban J connectivity index is 0.00000264. The molecule has 1 heterocycles. The highest BCUT2D eigenvalue weighted by atomic mass is 35.5. The van der Waals surface area contributed by atoms with Crippen LogP contribution < -0.4 is 10.5 Å². The van der Waals surface area contributed by atoms with E-state index in [1.165, 1.54) is 0 Å². The predicted octanol–water partition coefficient (Wildman–Crippen LogP) is 0.996. The van der Waals surface area contributed by atoms with E-state index in [0.717, 1.165) is 0 Å². The Kier molecular flexibility index (Phi) is 7.32. The SMILES string of the molecule is COc1cccc(C(=O)N2CCN(C(=O)C(C)CN)CC2)c1.Cl. The zero-order valence-electron chi connectivity index (χ0n) is 13.5. The third kappa shape index (κ3) is 4.59. The summed E-state index contributed by atoms with van der Waals surface area (Å²) in [6.45, 7) is 4.37. The molecule has 2 N–H and O–H groups in total. The first-order valence-electron chi connectivity index (χ1n) is 7.49. The van der Waals surface area contributed by atoms with Crippen LogP contribution in [0.5, 0.6) is 5.75 Å². The van der Waals surface area contributed by atoms with Gasteiger partial charge in [-0.25, -0.2) is 0 Å². The van der Waals surface area contributed by atoms with Crippen molar-refractivity contribution in [1.29, 1.82) is 0 Å². The lowest BCUT2D eigenvalue weighted by molar-refractivity contribution is -0.136. The van der Waals surface area contributed by atoms with Crippen LogP contribution in [0.4, 0.5) is 0 Å². The number of ether oxygens (including phenoxy) is 1. The summed E-state index contributed by atoms with van der Waals surface area (Å²) in [5.74, 6) is 0.533. The molecule has 0 bridgehead atoms. The van der Waals surface area contributed by atoms with Crippen LogP contribution in [0.3, 0.4) is 0 Å². The van der Waals surface area contributed by atoms with Crippen molar-refractivity contribution in [3.8, 4) is 5.75 Å². The number of hydrogen-bond donors (Lipinski definition) is 1. The van der Waals surface area contributed by atoms with E-state index in [-0.39, 0.29) is 30.1 Å². The van der Waals surface area contributed by atoms with E-state index >= 15 is 0 Å². The number of nitrogens with zero attached hydrogens (tertiary/aromatic N) is 2. The zero-order chi connectivity index (χ0) is 16.1. The number of piperazine rings is 1. The maximum Gasteiger partial charge on any atom is 0.254 e. The van der Waals surface area contributed by atoms with Gasteiger partial charge in [-0.15, -0.1) is 12.4 Å². The van der Waals surface area contributed by atoms with Gasteiger partial charge in [-0.1, -0.05) is 13.0 Å². The molecule has 128 valence electrons. The summed E-state index contributed by atoms with van der Waals surface area (Å²) in [5, 5.41) is 0. The number of carbonyl (C=O) groups excluding carboxylic acids is 2. The maximum absolute atomic E-state index is 12.5. The van der Waals surface area contributed by atoms with Gasteiger partial charge < -0.3 is 20.3 Å². The quantitative estimate of drug-likeness (QED) is 0.886. The highest BCUT2D eigenvalue weighted by molar-refractivity contribution is 5.94. The Morgan fingerprint density at radius 3 is 2.39 bits per heavy atom. The molecule has 1 atom stereocenters. The molecule has 2 rings (SSSR count). The average molecular weight is 342 g/mol.